The number of imide groups is 1. The maximum Gasteiger partial charge on any atom is 0.268 e. The monoisotopic (exact) mass is 746 g/mol. The van der Waals surface area contributed by atoms with Crippen molar-refractivity contribution in [2.24, 2.45) is 0 Å². The van der Waals surface area contributed by atoms with Gasteiger partial charge in [0.05, 0.1) is 80.1 Å². The zero-order chi connectivity index (χ0) is 40.5. The molecule has 0 radical (unpaired) electrons. The Morgan fingerprint density at radius 3 is 1.36 bits per heavy atom. The Morgan fingerprint density at radius 1 is 0.431 bits per heavy atom. The van der Waals surface area contributed by atoms with Crippen LogP contribution in [0, 0.1) is 45.3 Å². The number of carbonyl (C=O) groups excluding carboxylic acids is 2. The molecule has 0 saturated heterocycles. The highest BCUT2D eigenvalue weighted by molar-refractivity contribution is 6.36. The van der Waals surface area contributed by atoms with Gasteiger partial charge in [0.1, 0.15) is 0 Å². The average molecular weight is 747 g/mol. The minimum absolute atomic E-state index is 0.208. The van der Waals surface area contributed by atoms with Gasteiger partial charge in [-0.3, -0.25) is 9.59 Å². The Kier molecular flexibility index (Phi) is 9.38. The number of nitriles is 4. The number of nitrogens with zero attached hydrogens (tertiary/aromatic N) is 6. The fourth-order valence-corrected chi connectivity index (χ4v) is 7.77. The fraction of sp³-hybridized carbons (Fsp3) is 0.0400. The summed E-state index contributed by atoms with van der Waals surface area (Å²) in [7, 11) is 0. The molecule has 2 heterocycles. The highest BCUT2D eigenvalue weighted by atomic mass is 16.2. The molecule has 0 aliphatic carbocycles. The number of fused-ring (bicyclic) bond motifs is 4. The van der Waals surface area contributed by atoms with E-state index in [-0.39, 0.29) is 11.1 Å². The summed E-state index contributed by atoms with van der Waals surface area (Å²) in [5, 5.41) is 41.2. The van der Waals surface area contributed by atoms with Crippen LogP contribution in [0.3, 0.4) is 0 Å². The van der Waals surface area contributed by atoms with Crippen LogP contribution in [0.5, 0.6) is 0 Å². The first kappa shape index (κ1) is 36.4. The minimum Gasteiger partial charge on any atom is -0.307 e. The van der Waals surface area contributed by atoms with Crippen molar-refractivity contribution in [2.75, 3.05) is 4.90 Å². The first-order valence-electron chi connectivity index (χ1n) is 18.6. The molecule has 8 aromatic rings. The first-order chi connectivity index (χ1) is 28.4. The molecule has 1 aliphatic heterocycles. The maximum atomic E-state index is 14.7. The number of amides is 2. The summed E-state index contributed by atoms with van der Waals surface area (Å²) in [6.45, 7) is 4.00. The lowest BCUT2D eigenvalue weighted by Gasteiger charge is -2.17. The maximum absolute atomic E-state index is 14.7. The van der Waals surface area contributed by atoms with E-state index in [1.165, 1.54) is 17.0 Å². The zero-order valence-corrected chi connectivity index (χ0v) is 31.4. The number of carbonyl (C=O) groups is 2. The van der Waals surface area contributed by atoms with Gasteiger partial charge in [0, 0.05) is 21.9 Å². The number of hydrogen-bond donors (Lipinski definition) is 0. The minimum atomic E-state index is -0.491. The van der Waals surface area contributed by atoms with Crippen molar-refractivity contribution in [3.63, 3.8) is 0 Å². The summed E-state index contributed by atoms with van der Waals surface area (Å²) in [6, 6.07) is 52.5. The van der Waals surface area contributed by atoms with Crippen LogP contribution in [0.1, 0.15) is 56.8 Å². The summed E-state index contributed by atoms with van der Waals surface area (Å²) < 4.78 is 1.96. The smallest absolute Gasteiger partial charge is 0.268 e. The molecule has 8 heteroatoms. The standard InChI is InChI=1S/C48H24N6O2.C2H6/c49-25-29-19-30(26-50)22-35(21-29)38-9-4-11-40-41-12-5-10-39(36-23-31(27-51)20-32(24-36)28-52)46(41)54(45(38)40)43-14-6-13-42-44(43)48(56)53(47(42)55)37-17-15-34(16-18-37)33-7-2-1-3-8-33;1-2/h1-24H;1-2H3. The van der Waals surface area contributed by atoms with E-state index >= 15 is 0 Å². The van der Waals surface area contributed by atoms with Crippen LogP contribution in [-0.4, -0.2) is 16.4 Å². The Hall–Kier alpha value is -8.56. The van der Waals surface area contributed by atoms with Crippen molar-refractivity contribution in [2.45, 2.75) is 13.8 Å². The van der Waals surface area contributed by atoms with Crippen molar-refractivity contribution >= 4 is 39.3 Å². The number of anilines is 1. The number of rotatable bonds is 5. The van der Waals surface area contributed by atoms with Gasteiger partial charge >= 0.3 is 0 Å². The van der Waals surface area contributed by atoms with E-state index in [0.717, 1.165) is 21.9 Å². The Balaban J connectivity index is 0.00000231. The molecule has 0 atom stereocenters. The van der Waals surface area contributed by atoms with Gasteiger partial charge in [-0.1, -0.05) is 98.8 Å². The molecule has 0 bridgehead atoms. The summed E-state index contributed by atoms with van der Waals surface area (Å²) in [5.41, 5.74) is 8.46. The van der Waals surface area contributed by atoms with Crippen molar-refractivity contribution in [1.29, 1.82) is 21.0 Å². The molecule has 0 fully saturated rings. The molecule has 7 aromatic carbocycles. The molecule has 272 valence electrons. The van der Waals surface area contributed by atoms with Gasteiger partial charge in [0.15, 0.2) is 0 Å². The molecule has 9 rings (SSSR count). The van der Waals surface area contributed by atoms with E-state index in [1.807, 2.05) is 97.3 Å². The van der Waals surface area contributed by atoms with E-state index in [1.54, 1.807) is 54.6 Å². The number of aromatic nitrogens is 1. The molecule has 2 amide bonds. The molecule has 1 aliphatic rings. The third kappa shape index (κ3) is 5.92. The lowest BCUT2D eigenvalue weighted by Crippen LogP contribution is -2.29. The van der Waals surface area contributed by atoms with Gasteiger partial charge in [-0.2, -0.15) is 21.0 Å². The van der Waals surface area contributed by atoms with E-state index in [0.29, 0.717) is 66.9 Å². The second kappa shape index (κ2) is 14.9. The first-order valence-corrected chi connectivity index (χ1v) is 18.6. The van der Waals surface area contributed by atoms with Gasteiger partial charge in [0.25, 0.3) is 11.8 Å². The second-order valence-electron chi connectivity index (χ2n) is 13.3. The predicted molar refractivity (Wildman–Crippen MR) is 225 cm³/mol. The van der Waals surface area contributed by atoms with Crippen LogP contribution in [-0.2, 0) is 0 Å². The second-order valence-corrected chi connectivity index (χ2v) is 13.3. The summed E-state index contributed by atoms with van der Waals surface area (Å²) >= 11 is 0. The van der Waals surface area contributed by atoms with Crippen molar-refractivity contribution in [3.05, 3.63) is 179 Å². The fourth-order valence-electron chi connectivity index (χ4n) is 7.77. The number of para-hydroxylation sites is 2. The molecule has 8 nitrogen and oxygen atoms in total. The van der Waals surface area contributed by atoms with Gasteiger partial charge in [-0.25, -0.2) is 4.90 Å². The van der Waals surface area contributed by atoms with Crippen LogP contribution in [0.15, 0.2) is 146 Å². The van der Waals surface area contributed by atoms with Crippen LogP contribution < -0.4 is 4.90 Å². The van der Waals surface area contributed by atoms with Gasteiger partial charge in [-0.05, 0) is 82.9 Å². The van der Waals surface area contributed by atoms with Crippen molar-refractivity contribution in [3.8, 4) is 63.3 Å². The topological polar surface area (TPSA) is 137 Å². The summed E-state index contributed by atoms with van der Waals surface area (Å²) in [6.07, 6.45) is 0. The van der Waals surface area contributed by atoms with Gasteiger partial charge < -0.3 is 4.57 Å². The third-order valence-corrected chi connectivity index (χ3v) is 10.2. The van der Waals surface area contributed by atoms with Crippen LogP contribution in [0.25, 0.3) is 60.9 Å². The molecule has 0 spiro atoms. The van der Waals surface area contributed by atoms with E-state index in [2.05, 4.69) is 24.3 Å². The summed E-state index contributed by atoms with van der Waals surface area (Å²) in [5.74, 6) is -0.948. The lowest BCUT2D eigenvalue weighted by molar-refractivity contribution is 0.0926. The van der Waals surface area contributed by atoms with Crippen LogP contribution in [0.2, 0.25) is 0 Å². The Labute approximate surface area is 334 Å². The quantitative estimate of drug-likeness (QED) is 0.161. The van der Waals surface area contributed by atoms with Crippen molar-refractivity contribution < 1.29 is 9.59 Å². The van der Waals surface area contributed by atoms with Crippen molar-refractivity contribution in [1.82, 2.24) is 4.57 Å². The molecule has 0 N–H and O–H groups in total. The highest BCUT2D eigenvalue weighted by Gasteiger charge is 2.39. The van der Waals surface area contributed by atoms with Gasteiger partial charge in [-0.15, -0.1) is 0 Å². The Morgan fingerprint density at radius 2 is 0.879 bits per heavy atom. The largest absolute Gasteiger partial charge is 0.307 e. The molecule has 1 aromatic heterocycles. The van der Waals surface area contributed by atoms with Crippen LogP contribution >= 0.6 is 0 Å². The molecule has 0 unspecified atom stereocenters. The summed E-state index contributed by atoms with van der Waals surface area (Å²) in [4.78, 5) is 30.2. The van der Waals surface area contributed by atoms with Crippen LogP contribution in [0.4, 0.5) is 5.69 Å². The molecule has 0 saturated carbocycles. The third-order valence-electron chi connectivity index (χ3n) is 10.2. The highest BCUT2D eigenvalue weighted by Crippen LogP contribution is 2.44. The number of benzene rings is 7. The molecular weight excluding hydrogens is 717 g/mol. The predicted octanol–water partition coefficient (Wildman–Crippen LogP) is 11.1. The SMILES string of the molecule is CC.N#Cc1cc(C#N)cc(-c2cccc3c4cccc(-c5cc(C#N)cc(C#N)c5)c4n(-c4cccc5c4C(=O)N(c4ccc(-c6ccccc6)cc4)C5=O)c23)c1. The average Bonchev–Trinajstić information content (AvgIpc) is 3.77. The number of hydrogen-bond acceptors (Lipinski definition) is 6. The Bertz CT molecular complexity index is 2970. The normalized spacial score (nSPS) is 11.6. The van der Waals surface area contributed by atoms with E-state index in [9.17, 15) is 30.6 Å². The molecule has 58 heavy (non-hydrogen) atoms. The van der Waals surface area contributed by atoms with E-state index in [4.69, 9.17) is 0 Å². The lowest BCUT2D eigenvalue weighted by atomic mass is 9.97. The zero-order valence-electron chi connectivity index (χ0n) is 31.4. The molecular formula is C50H30N6O2. The van der Waals surface area contributed by atoms with Gasteiger partial charge in [0.2, 0.25) is 0 Å². The van der Waals surface area contributed by atoms with E-state index < -0.39 is 11.8 Å².